The van der Waals surface area contributed by atoms with Crippen molar-refractivity contribution >= 4 is 11.8 Å². The molecule has 1 aromatic rings. The Labute approximate surface area is 116 Å². The van der Waals surface area contributed by atoms with Crippen LogP contribution in [0.4, 0.5) is 0 Å². The lowest BCUT2D eigenvalue weighted by atomic mass is 10.1. The number of rotatable bonds is 8. The fourth-order valence-corrected chi connectivity index (χ4v) is 3.04. The molecule has 0 aromatic heterocycles. The predicted molar refractivity (Wildman–Crippen MR) is 82.4 cm³/mol. The number of hydrogen-bond donors (Lipinski definition) is 1. The van der Waals surface area contributed by atoms with Crippen LogP contribution in [-0.4, -0.2) is 37.8 Å². The highest BCUT2D eigenvalue weighted by Gasteiger charge is 2.09. The first-order valence-electron chi connectivity index (χ1n) is 6.75. The molecule has 0 spiro atoms. The van der Waals surface area contributed by atoms with Crippen LogP contribution >= 0.6 is 11.8 Å². The summed E-state index contributed by atoms with van der Waals surface area (Å²) in [5.74, 6) is 1.14. The molecule has 18 heavy (non-hydrogen) atoms. The van der Waals surface area contributed by atoms with E-state index in [2.05, 4.69) is 62.4 Å². The minimum atomic E-state index is 0.438. The second kappa shape index (κ2) is 8.57. The number of benzene rings is 1. The van der Waals surface area contributed by atoms with E-state index >= 15 is 0 Å². The van der Waals surface area contributed by atoms with Gasteiger partial charge in [0.15, 0.2) is 0 Å². The maximum Gasteiger partial charge on any atom is 0.0302 e. The lowest BCUT2D eigenvalue weighted by Gasteiger charge is -2.18. The molecule has 0 fully saturated rings. The monoisotopic (exact) mass is 266 g/mol. The van der Waals surface area contributed by atoms with Crippen molar-refractivity contribution in [1.82, 2.24) is 10.2 Å². The Hall–Kier alpha value is -0.510. The van der Waals surface area contributed by atoms with Gasteiger partial charge in [0.05, 0.1) is 0 Å². The molecule has 0 aliphatic carbocycles. The molecule has 0 amide bonds. The Morgan fingerprint density at radius 2 is 2.00 bits per heavy atom. The summed E-state index contributed by atoms with van der Waals surface area (Å²) >= 11 is 1.96. The summed E-state index contributed by atoms with van der Waals surface area (Å²) in [5, 5.41) is 3.56. The molecular formula is C15H26N2S. The molecule has 1 atom stereocenters. The van der Waals surface area contributed by atoms with Gasteiger partial charge in [-0.2, -0.15) is 0 Å². The van der Waals surface area contributed by atoms with Gasteiger partial charge in [0.2, 0.25) is 0 Å². The normalized spacial score (nSPS) is 12.9. The largest absolute Gasteiger partial charge is 0.310 e. The summed E-state index contributed by atoms with van der Waals surface area (Å²) in [6.45, 7) is 6.66. The summed E-state index contributed by atoms with van der Waals surface area (Å²) in [6.07, 6.45) is 1.18. The van der Waals surface area contributed by atoms with Gasteiger partial charge >= 0.3 is 0 Å². The van der Waals surface area contributed by atoms with Crippen molar-refractivity contribution in [2.45, 2.75) is 31.2 Å². The quantitative estimate of drug-likeness (QED) is 0.726. The number of thioether (sulfide) groups is 1. The van der Waals surface area contributed by atoms with Crippen molar-refractivity contribution in [3.8, 4) is 0 Å². The Morgan fingerprint density at radius 1 is 1.28 bits per heavy atom. The third-order valence-corrected chi connectivity index (χ3v) is 3.95. The van der Waals surface area contributed by atoms with Gasteiger partial charge < -0.3 is 10.2 Å². The maximum absolute atomic E-state index is 3.56. The van der Waals surface area contributed by atoms with Crippen LogP contribution in [0.2, 0.25) is 0 Å². The van der Waals surface area contributed by atoms with Crippen LogP contribution in [0.3, 0.4) is 0 Å². The average Bonchev–Trinajstić information content (AvgIpc) is 2.36. The van der Waals surface area contributed by atoms with Crippen LogP contribution in [-0.2, 0) is 0 Å². The van der Waals surface area contributed by atoms with E-state index in [1.165, 1.54) is 16.9 Å². The van der Waals surface area contributed by atoms with Crippen molar-refractivity contribution in [2.24, 2.45) is 0 Å². The van der Waals surface area contributed by atoms with E-state index < -0.39 is 0 Å². The Kier molecular flexibility index (Phi) is 7.40. The molecule has 0 heterocycles. The Morgan fingerprint density at radius 3 is 2.67 bits per heavy atom. The van der Waals surface area contributed by atoms with Gasteiger partial charge in [-0.1, -0.05) is 25.1 Å². The number of nitrogens with one attached hydrogen (secondary N) is 1. The molecule has 0 aliphatic rings. The van der Waals surface area contributed by atoms with Crippen LogP contribution in [0, 0.1) is 0 Å². The minimum Gasteiger partial charge on any atom is -0.310 e. The molecule has 0 radical (unpaired) electrons. The van der Waals surface area contributed by atoms with E-state index in [0.29, 0.717) is 6.04 Å². The molecule has 0 saturated heterocycles. The van der Waals surface area contributed by atoms with Gasteiger partial charge in [-0.15, -0.1) is 11.8 Å². The third-order valence-electron chi connectivity index (χ3n) is 2.88. The van der Waals surface area contributed by atoms with E-state index in [9.17, 15) is 0 Å². The summed E-state index contributed by atoms with van der Waals surface area (Å²) in [7, 11) is 4.25. The van der Waals surface area contributed by atoms with Gasteiger partial charge in [0.1, 0.15) is 0 Å². The van der Waals surface area contributed by atoms with E-state index in [4.69, 9.17) is 0 Å². The highest BCUT2D eigenvalue weighted by atomic mass is 32.2. The predicted octanol–water partition coefficient (Wildman–Crippen LogP) is 3.40. The minimum absolute atomic E-state index is 0.438. The molecular weight excluding hydrogens is 240 g/mol. The molecule has 1 unspecified atom stereocenters. The second-order valence-corrected chi connectivity index (χ2v) is 6.00. The summed E-state index contributed by atoms with van der Waals surface area (Å²) < 4.78 is 0. The van der Waals surface area contributed by atoms with Crippen molar-refractivity contribution < 1.29 is 0 Å². The lowest BCUT2D eigenvalue weighted by Crippen LogP contribution is -2.20. The Balaban J connectivity index is 2.60. The van der Waals surface area contributed by atoms with Crippen LogP contribution < -0.4 is 5.32 Å². The van der Waals surface area contributed by atoms with Crippen molar-refractivity contribution in [2.75, 3.05) is 32.9 Å². The molecule has 0 saturated carbocycles. The zero-order valence-corrected chi connectivity index (χ0v) is 12.9. The van der Waals surface area contributed by atoms with Gasteiger partial charge in [-0.3, -0.25) is 0 Å². The van der Waals surface area contributed by atoms with Gasteiger partial charge in [0, 0.05) is 23.2 Å². The van der Waals surface area contributed by atoms with Crippen molar-refractivity contribution in [1.29, 1.82) is 0 Å². The van der Waals surface area contributed by atoms with Crippen molar-refractivity contribution in [3.63, 3.8) is 0 Å². The Bertz CT molecular complexity index is 339. The second-order valence-electron chi connectivity index (χ2n) is 4.87. The number of hydrogen-bond acceptors (Lipinski definition) is 3. The SMILES string of the molecule is CCCNC(C)c1ccccc1SCCN(C)C. The van der Waals surface area contributed by atoms with Crippen molar-refractivity contribution in [3.05, 3.63) is 29.8 Å². The fraction of sp³-hybridized carbons (Fsp3) is 0.600. The van der Waals surface area contributed by atoms with E-state index in [1.807, 2.05) is 11.8 Å². The van der Waals surface area contributed by atoms with Crippen LogP contribution in [0.25, 0.3) is 0 Å². The maximum atomic E-state index is 3.56. The number of nitrogens with zero attached hydrogens (tertiary/aromatic N) is 1. The zero-order chi connectivity index (χ0) is 13.4. The third kappa shape index (κ3) is 5.42. The van der Waals surface area contributed by atoms with Crippen LogP contribution in [0.1, 0.15) is 31.9 Å². The van der Waals surface area contributed by atoms with E-state index in [-0.39, 0.29) is 0 Å². The molecule has 102 valence electrons. The lowest BCUT2D eigenvalue weighted by molar-refractivity contribution is 0.437. The standard InChI is InChI=1S/C15H26N2S/c1-5-10-16-13(2)14-8-6-7-9-15(14)18-12-11-17(3)4/h6-9,13,16H,5,10-12H2,1-4H3. The first-order valence-corrected chi connectivity index (χ1v) is 7.73. The van der Waals surface area contributed by atoms with Gasteiger partial charge in [0.25, 0.3) is 0 Å². The fourth-order valence-electron chi connectivity index (χ4n) is 1.78. The first kappa shape index (κ1) is 15.5. The molecule has 1 N–H and O–H groups in total. The summed E-state index contributed by atoms with van der Waals surface area (Å²) in [4.78, 5) is 3.64. The molecule has 0 bridgehead atoms. The van der Waals surface area contributed by atoms with Gasteiger partial charge in [-0.25, -0.2) is 0 Å². The molecule has 1 rings (SSSR count). The molecule has 0 aliphatic heterocycles. The summed E-state index contributed by atoms with van der Waals surface area (Å²) in [5.41, 5.74) is 1.43. The topological polar surface area (TPSA) is 15.3 Å². The van der Waals surface area contributed by atoms with E-state index in [1.54, 1.807) is 0 Å². The first-order chi connectivity index (χ1) is 8.65. The molecule has 3 heteroatoms. The molecule has 2 nitrogen and oxygen atoms in total. The molecule has 1 aromatic carbocycles. The van der Waals surface area contributed by atoms with Crippen LogP contribution in [0.15, 0.2) is 29.2 Å². The zero-order valence-electron chi connectivity index (χ0n) is 12.1. The average molecular weight is 266 g/mol. The smallest absolute Gasteiger partial charge is 0.0302 e. The highest BCUT2D eigenvalue weighted by Crippen LogP contribution is 2.27. The van der Waals surface area contributed by atoms with E-state index in [0.717, 1.165) is 18.8 Å². The van der Waals surface area contributed by atoms with Crippen LogP contribution in [0.5, 0.6) is 0 Å². The highest BCUT2D eigenvalue weighted by molar-refractivity contribution is 7.99. The van der Waals surface area contributed by atoms with Gasteiger partial charge in [-0.05, 0) is 45.6 Å². The summed E-state index contributed by atoms with van der Waals surface area (Å²) in [6, 6.07) is 9.18.